The quantitative estimate of drug-likeness (QED) is 0.850. The van der Waals surface area contributed by atoms with Crippen LogP contribution in [0.3, 0.4) is 0 Å². The number of imidazole rings is 1. The second kappa shape index (κ2) is 4.93. The maximum atomic E-state index is 12.5. The average molecular weight is 275 g/mol. The minimum Gasteiger partial charge on any atom is -0.480 e. The monoisotopic (exact) mass is 275 g/mol. The van der Waals surface area contributed by atoms with E-state index in [4.69, 9.17) is 9.84 Å². The predicted molar refractivity (Wildman–Crippen MR) is 68.5 cm³/mol. The van der Waals surface area contributed by atoms with Gasteiger partial charge in [-0.2, -0.15) is 0 Å². The largest absolute Gasteiger partial charge is 0.480 e. The Bertz CT molecular complexity index is 666. The first-order chi connectivity index (χ1) is 9.66. The van der Waals surface area contributed by atoms with E-state index in [0.717, 1.165) is 5.65 Å². The van der Waals surface area contributed by atoms with E-state index in [2.05, 4.69) is 4.98 Å². The highest BCUT2D eigenvalue weighted by Crippen LogP contribution is 2.14. The molecule has 0 radical (unpaired) electrons. The fraction of sp³-hybridized carbons (Fsp3) is 0.308. The van der Waals surface area contributed by atoms with Gasteiger partial charge in [0.1, 0.15) is 5.65 Å². The van der Waals surface area contributed by atoms with E-state index in [1.165, 1.54) is 4.90 Å². The summed E-state index contributed by atoms with van der Waals surface area (Å²) < 4.78 is 6.85. The summed E-state index contributed by atoms with van der Waals surface area (Å²) >= 11 is 0. The summed E-state index contributed by atoms with van der Waals surface area (Å²) in [6.07, 6.45) is 5.03. The van der Waals surface area contributed by atoms with Crippen molar-refractivity contribution in [3.8, 4) is 0 Å². The molecule has 2 aromatic rings. The molecule has 1 amide bonds. The third-order valence-electron chi connectivity index (χ3n) is 3.31. The molecule has 1 N–H and O–H groups in total. The molecule has 0 aliphatic carbocycles. The van der Waals surface area contributed by atoms with Crippen molar-refractivity contribution in [1.82, 2.24) is 14.3 Å². The molecule has 0 spiro atoms. The van der Waals surface area contributed by atoms with Crippen molar-refractivity contribution in [2.75, 3.05) is 19.8 Å². The molecule has 7 heteroatoms. The molecule has 1 aliphatic heterocycles. The van der Waals surface area contributed by atoms with E-state index in [9.17, 15) is 9.59 Å². The number of ether oxygens (including phenoxy) is 1. The van der Waals surface area contributed by atoms with Gasteiger partial charge in [0, 0.05) is 25.1 Å². The van der Waals surface area contributed by atoms with Crippen molar-refractivity contribution in [1.29, 1.82) is 0 Å². The van der Waals surface area contributed by atoms with Crippen LogP contribution in [0.1, 0.15) is 10.4 Å². The number of pyridine rings is 1. The number of morpholine rings is 1. The van der Waals surface area contributed by atoms with Gasteiger partial charge in [-0.25, -0.2) is 9.78 Å². The number of carboxylic acids is 1. The van der Waals surface area contributed by atoms with Gasteiger partial charge in [-0.05, 0) is 12.1 Å². The molecule has 1 saturated heterocycles. The molecule has 104 valence electrons. The summed E-state index contributed by atoms with van der Waals surface area (Å²) in [5.74, 6) is -1.36. The van der Waals surface area contributed by atoms with Crippen LogP contribution in [0, 0.1) is 0 Å². The minimum absolute atomic E-state index is 0.0222. The second-order valence-corrected chi connectivity index (χ2v) is 4.54. The van der Waals surface area contributed by atoms with Gasteiger partial charge in [0.25, 0.3) is 5.91 Å². The Morgan fingerprint density at radius 1 is 1.40 bits per heavy atom. The Hall–Kier alpha value is -2.41. The lowest BCUT2D eigenvalue weighted by atomic mass is 10.1. The maximum Gasteiger partial charge on any atom is 0.328 e. The van der Waals surface area contributed by atoms with Gasteiger partial charge in [0.15, 0.2) is 6.04 Å². The lowest BCUT2D eigenvalue weighted by molar-refractivity contribution is -0.147. The molecule has 0 bridgehead atoms. The number of carbonyl (C=O) groups excluding carboxylic acids is 1. The Kier molecular flexibility index (Phi) is 3.11. The fourth-order valence-corrected chi connectivity index (χ4v) is 2.26. The molecule has 0 aromatic carbocycles. The van der Waals surface area contributed by atoms with E-state index in [0.29, 0.717) is 12.2 Å². The van der Waals surface area contributed by atoms with Gasteiger partial charge >= 0.3 is 5.97 Å². The highest BCUT2D eigenvalue weighted by Gasteiger charge is 2.33. The SMILES string of the molecule is O=C(O)[C@H]1COCCN1C(=O)c1ccc2nccn2c1. The second-order valence-electron chi connectivity index (χ2n) is 4.54. The number of hydrogen-bond acceptors (Lipinski definition) is 4. The topological polar surface area (TPSA) is 84.1 Å². The molecule has 0 unspecified atom stereocenters. The Labute approximate surface area is 114 Å². The zero-order chi connectivity index (χ0) is 14.1. The predicted octanol–water partition coefficient (Wildman–Crippen LogP) is 0.260. The molecule has 1 atom stereocenters. The smallest absolute Gasteiger partial charge is 0.328 e. The molecular formula is C13H13N3O4. The van der Waals surface area contributed by atoms with Crippen LogP contribution in [0.15, 0.2) is 30.7 Å². The molecule has 1 aliphatic rings. The van der Waals surface area contributed by atoms with Gasteiger partial charge in [-0.15, -0.1) is 0 Å². The highest BCUT2D eigenvalue weighted by atomic mass is 16.5. The summed E-state index contributed by atoms with van der Waals surface area (Å²) in [6, 6.07) is 2.44. The maximum absolute atomic E-state index is 12.5. The lowest BCUT2D eigenvalue weighted by Gasteiger charge is -2.32. The van der Waals surface area contributed by atoms with Gasteiger partial charge in [0.2, 0.25) is 0 Å². The number of aliphatic carboxylic acids is 1. The molecule has 1 fully saturated rings. The number of hydrogen-bond donors (Lipinski definition) is 1. The van der Waals surface area contributed by atoms with E-state index < -0.39 is 12.0 Å². The number of amides is 1. The third kappa shape index (κ3) is 2.12. The molecular weight excluding hydrogens is 262 g/mol. The summed E-state index contributed by atoms with van der Waals surface area (Å²) in [5, 5.41) is 9.15. The third-order valence-corrected chi connectivity index (χ3v) is 3.31. The van der Waals surface area contributed by atoms with Crippen LogP contribution in [-0.2, 0) is 9.53 Å². The molecule has 20 heavy (non-hydrogen) atoms. The van der Waals surface area contributed by atoms with Crippen LogP contribution in [0.25, 0.3) is 5.65 Å². The van der Waals surface area contributed by atoms with Crippen LogP contribution in [0.4, 0.5) is 0 Å². The number of nitrogens with zero attached hydrogens (tertiary/aromatic N) is 3. The van der Waals surface area contributed by atoms with Crippen molar-refractivity contribution in [3.05, 3.63) is 36.3 Å². The van der Waals surface area contributed by atoms with E-state index in [-0.39, 0.29) is 19.1 Å². The van der Waals surface area contributed by atoms with Crippen molar-refractivity contribution in [2.45, 2.75) is 6.04 Å². The fourth-order valence-electron chi connectivity index (χ4n) is 2.26. The van der Waals surface area contributed by atoms with Crippen molar-refractivity contribution >= 4 is 17.5 Å². The molecule has 3 rings (SSSR count). The summed E-state index contributed by atoms with van der Waals surface area (Å²) in [7, 11) is 0. The summed E-state index contributed by atoms with van der Waals surface area (Å²) in [5.41, 5.74) is 1.17. The Balaban J connectivity index is 1.91. The van der Waals surface area contributed by atoms with E-state index in [1.54, 1.807) is 35.1 Å². The highest BCUT2D eigenvalue weighted by molar-refractivity contribution is 5.96. The van der Waals surface area contributed by atoms with Gasteiger partial charge in [-0.3, -0.25) is 4.79 Å². The number of aromatic nitrogens is 2. The number of carboxylic acid groups (broad SMARTS) is 1. The Morgan fingerprint density at radius 2 is 2.25 bits per heavy atom. The Morgan fingerprint density at radius 3 is 3.05 bits per heavy atom. The van der Waals surface area contributed by atoms with Crippen LogP contribution in [-0.4, -0.2) is 57.1 Å². The van der Waals surface area contributed by atoms with Crippen molar-refractivity contribution in [2.24, 2.45) is 0 Å². The molecule has 2 aromatic heterocycles. The van der Waals surface area contributed by atoms with E-state index >= 15 is 0 Å². The van der Waals surface area contributed by atoms with Gasteiger partial charge < -0.3 is 19.1 Å². The minimum atomic E-state index is -1.05. The first-order valence-corrected chi connectivity index (χ1v) is 6.21. The number of rotatable bonds is 2. The first kappa shape index (κ1) is 12.6. The summed E-state index contributed by atoms with van der Waals surface area (Å²) in [6.45, 7) is 0.648. The van der Waals surface area contributed by atoms with Crippen LogP contribution < -0.4 is 0 Å². The van der Waals surface area contributed by atoms with Crippen LogP contribution in [0.2, 0.25) is 0 Å². The molecule has 0 saturated carbocycles. The van der Waals surface area contributed by atoms with Gasteiger partial charge in [-0.1, -0.05) is 0 Å². The number of fused-ring (bicyclic) bond motifs is 1. The zero-order valence-electron chi connectivity index (χ0n) is 10.6. The van der Waals surface area contributed by atoms with E-state index in [1.807, 2.05) is 0 Å². The average Bonchev–Trinajstić information content (AvgIpc) is 2.93. The lowest BCUT2D eigenvalue weighted by Crippen LogP contribution is -2.52. The zero-order valence-corrected chi connectivity index (χ0v) is 10.6. The first-order valence-electron chi connectivity index (χ1n) is 6.21. The molecule has 3 heterocycles. The van der Waals surface area contributed by atoms with Crippen molar-refractivity contribution < 1.29 is 19.4 Å². The van der Waals surface area contributed by atoms with Crippen molar-refractivity contribution in [3.63, 3.8) is 0 Å². The summed E-state index contributed by atoms with van der Waals surface area (Å²) in [4.78, 5) is 29.1. The standard InChI is InChI=1S/C13H13N3O4/c17-12(16-5-6-20-8-10(16)13(18)19)9-1-2-11-14-3-4-15(11)7-9/h1-4,7,10H,5-6,8H2,(H,18,19)/t10-/m1/s1. The molecule has 7 nitrogen and oxygen atoms in total. The normalized spacial score (nSPS) is 19.2. The number of carbonyl (C=O) groups is 2. The van der Waals surface area contributed by atoms with Crippen LogP contribution >= 0.6 is 0 Å². The van der Waals surface area contributed by atoms with Crippen LogP contribution in [0.5, 0.6) is 0 Å². The van der Waals surface area contributed by atoms with Gasteiger partial charge in [0.05, 0.1) is 18.8 Å².